The molecule has 0 bridgehead atoms. The van der Waals surface area contributed by atoms with E-state index in [1.54, 1.807) is 36.1 Å². The summed E-state index contributed by atoms with van der Waals surface area (Å²) >= 11 is 5.79. The molecular formula is C20H20ClNO4. The first-order valence-corrected chi connectivity index (χ1v) is 8.84. The number of nitrogens with zero attached hydrogens (tertiary/aromatic N) is 1. The zero-order valence-corrected chi connectivity index (χ0v) is 15.2. The third kappa shape index (κ3) is 4.55. The van der Waals surface area contributed by atoms with Gasteiger partial charge in [0.25, 0.3) is 5.91 Å². The summed E-state index contributed by atoms with van der Waals surface area (Å²) in [6, 6.07) is 14.7. The van der Waals surface area contributed by atoms with Gasteiger partial charge < -0.3 is 14.4 Å². The molecule has 2 aromatic carbocycles. The Morgan fingerprint density at radius 3 is 2.54 bits per heavy atom. The lowest BCUT2D eigenvalue weighted by Crippen LogP contribution is -2.43. The molecule has 3 rings (SSSR count). The molecule has 1 heterocycles. The largest absolute Gasteiger partial charge is 0.482 e. The average Bonchev–Trinajstić information content (AvgIpc) is 2.66. The number of fused-ring (bicyclic) bond motifs is 1. The van der Waals surface area contributed by atoms with Crippen molar-refractivity contribution in [2.45, 2.75) is 26.0 Å². The fourth-order valence-electron chi connectivity index (χ4n) is 2.90. The zero-order chi connectivity index (χ0) is 18.5. The molecule has 0 fully saturated rings. The van der Waals surface area contributed by atoms with Crippen LogP contribution in [0.25, 0.3) is 0 Å². The highest BCUT2D eigenvalue weighted by molar-refractivity contribution is 6.30. The Balaban J connectivity index is 1.49. The Hall–Kier alpha value is -2.53. The van der Waals surface area contributed by atoms with Crippen LogP contribution in [0, 0.1) is 0 Å². The summed E-state index contributed by atoms with van der Waals surface area (Å²) in [7, 11) is 0. The minimum absolute atomic E-state index is 0.195. The molecule has 1 amide bonds. The molecule has 5 nitrogen and oxygen atoms in total. The lowest BCUT2D eigenvalue weighted by atomic mass is 9.99. The number of esters is 1. The molecule has 1 aliphatic heterocycles. The van der Waals surface area contributed by atoms with Crippen LogP contribution in [0.15, 0.2) is 48.5 Å². The maximum atomic E-state index is 12.5. The maximum absolute atomic E-state index is 12.5. The van der Waals surface area contributed by atoms with Crippen LogP contribution in [0.3, 0.4) is 0 Å². The lowest BCUT2D eigenvalue weighted by Gasteiger charge is -2.30. The molecule has 0 N–H and O–H groups in total. The van der Waals surface area contributed by atoms with Gasteiger partial charge in [-0.3, -0.25) is 4.79 Å². The van der Waals surface area contributed by atoms with E-state index in [-0.39, 0.29) is 12.5 Å². The van der Waals surface area contributed by atoms with Gasteiger partial charge in [-0.15, -0.1) is 0 Å². The van der Waals surface area contributed by atoms with Crippen LogP contribution in [-0.4, -0.2) is 36.0 Å². The number of ether oxygens (including phenoxy) is 2. The highest BCUT2D eigenvalue weighted by Gasteiger charge is 2.26. The van der Waals surface area contributed by atoms with E-state index in [0.29, 0.717) is 23.9 Å². The molecular weight excluding hydrogens is 354 g/mol. The summed E-state index contributed by atoms with van der Waals surface area (Å²) in [6.45, 7) is 2.49. The zero-order valence-electron chi connectivity index (χ0n) is 14.5. The number of benzene rings is 2. The molecule has 26 heavy (non-hydrogen) atoms. The van der Waals surface area contributed by atoms with E-state index in [0.717, 1.165) is 12.0 Å². The Bertz CT molecular complexity index is 791. The van der Waals surface area contributed by atoms with Gasteiger partial charge in [0.1, 0.15) is 5.75 Å². The molecule has 6 heteroatoms. The van der Waals surface area contributed by atoms with E-state index >= 15 is 0 Å². The second-order valence-electron chi connectivity index (χ2n) is 6.15. The quantitative estimate of drug-likeness (QED) is 0.755. The first kappa shape index (κ1) is 18.3. The van der Waals surface area contributed by atoms with Gasteiger partial charge in [0.15, 0.2) is 12.7 Å². The van der Waals surface area contributed by atoms with Crippen molar-refractivity contribution >= 4 is 23.5 Å². The monoisotopic (exact) mass is 373 g/mol. The summed E-state index contributed by atoms with van der Waals surface area (Å²) in [4.78, 5) is 26.2. The van der Waals surface area contributed by atoms with Crippen LogP contribution < -0.4 is 4.74 Å². The van der Waals surface area contributed by atoms with Crippen molar-refractivity contribution in [1.29, 1.82) is 0 Å². The van der Waals surface area contributed by atoms with E-state index < -0.39 is 12.1 Å². The summed E-state index contributed by atoms with van der Waals surface area (Å²) in [6.07, 6.45) is -0.0380. The first-order valence-electron chi connectivity index (χ1n) is 8.46. The predicted octanol–water partition coefficient (Wildman–Crippen LogP) is 3.24. The van der Waals surface area contributed by atoms with Gasteiger partial charge in [-0.2, -0.15) is 0 Å². The SMILES string of the molecule is C[C@H](OC(=O)COc1ccc(Cl)cc1)C(=O)N1CCc2ccccc2C1. The van der Waals surface area contributed by atoms with Crippen molar-refractivity contribution in [3.05, 3.63) is 64.7 Å². The Morgan fingerprint density at radius 1 is 1.12 bits per heavy atom. The van der Waals surface area contributed by atoms with Crippen molar-refractivity contribution in [3.8, 4) is 5.75 Å². The van der Waals surface area contributed by atoms with Crippen LogP contribution in [0.4, 0.5) is 0 Å². The van der Waals surface area contributed by atoms with Crippen LogP contribution in [0.2, 0.25) is 5.02 Å². The third-order valence-electron chi connectivity index (χ3n) is 4.27. The molecule has 0 unspecified atom stereocenters. The van der Waals surface area contributed by atoms with Crippen LogP contribution in [0.1, 0.15) is 18.1 Å². The topological polar surface area (TPSA) is 55.8 Å². The fraction of sp³-hybridized carbons (Fsp3) is 0.300. The number of amides is 1. The Kier molecular flexibility index (Phi) is 5.78. The molecule has 0 aromatic heterocycles. The standard InChI is InChI=1S/C20H20ClNO4/c1-14(26-19(23)13-25-18-8-6-17(21)7-9-18)20(24)22-11-10-15-4-2-3-5-16(15)12-22/h2-9,14H,10-13H2,1H3/t14-/m0/s1. The number of carbonyl (C=O) groups excluding carboxylic acids is 2. The van der Waals surface area contributed by atoms with Crippen LogP contribution >= 0.6 is 11.6 Å². The van der Waals surface area contributed by atoms with Gasteiger partial charge in [-0.25, -0.2) is 4.79 Å². The van der Waals surface area contributed by atoms with Gasteiger partial charge in [-0.1, -0.05) is 35.9 Å². The molecule has 0 saturated heterocycles. The normalized spacial score (nSPS) is 14.3. The van der Waals surface area contributed by atoms with Crippen molar-refractivity contribution in [3.63, 3.8) is 0 Å². The summed E-state index contributed by atoms with van der Waals surface area (Å²) in [5.41, 5.74) is 2.40. The van der Waals surface area contributed by atoms with Gasteiger partial charge >= 0.3 is 5.97 Å². The van der Waals surface area contributed by atoms with E-state index in [4.69, 9.17) is 21.1 Å². The second kappa shape index (κ2) is 8.23. The van der Waals surface area contributed by atoms with Crippen molar-refractivity contribution in [2.24, 2.45) is 0 Å². The molecule has 136 valence electrons. The highest BCUT2D eigenvalue weighted by Crippen LogP contribution is 2.19. The molecule has 0 radical (unpaired) electrons. The van der Waals surface area contributed by atoms with Gasteiger partial charge in [-0.05, 0) is 48.7 Å². The minimum Gasteiger partial charge on any atom is -0.482 e. The van der Waals surface area contributed by atoms with Crippen LogP contribution in [-0.2, 0) is 27.3 Å². The lowest BCUT2D eigenvalue weighted by molar-refractivity contribution is -0.161. The van der Waals surface area contributed by atoms with Gasteiger partial charge in [0, 0.05) is 18.1 Å². The molecule has 0 spiro atoms. The number of hydrogen-bond donors (Lipinski definition) is 0. The molecule has 1 aliphatic rings. The predicted molar refractivity (Wildman–Crippen MR) is 98.1 cm³/mol. The molecule has 1 atom stereocenters. The van der Waals surface area contributed by atoms with Crippen molar-refractivity contribution in [1.82, 2.24) is 4.90 Å². The van der Waals surface area contributed by atoms with E-state index in [9.17, 15) is 9.59 Å². The molecule has 0 saturated carbocycles. The Morgan fingerprint density at radius 2 is 1.81 bits per heavy atom. The highest BCUT2D eigenvalue weighted by atomic mass is 35.5. The number of carbonyl (C=O) groups is 2. The molecule has 2 aromatic rings. The number of halogens is 1. The average molecular weight is 374 g/mol. The second-order valence-corrected chi connectivity index (χ2v) is 6.59. The minimum atomic E-state index is -0.846. The van der Waals surface area contributed by atoms with Crippen LogP contribution in [0.5, 0.6) is 5.75 Å². The first-order chi connectivity index (χ1) is 12.5. The number of rotatable bonds is 5. The molecule has 0 aliphatic carbocycles. The Labute approximate surface area is 157 Å². The van der Waals surface area contributed by atoms with E-state index in [1.165, 1.54) is 5.56 Å². The maximum Gasteiger partial charge on any atom is 0.344 e. The van der Waals surface area contributed by atoms with E-state index in [2.05, 4.69) is 6.07 Å². The van der Waals surface area contributed by atoms with Gasteiger partial charge in [0.05, 0.1) is 0 Å². The third-order valence-corrected chi connectivity index (χ3v) is 4.52. The summed E-state index contributed by atoms with van der Waals surface area (Å²) < 4.78 is 10.6. The fourth-order valence-corrected chi connectivity index (χ4v) is 3.02. The van der Waals surface area contributed by atoms with Gasteiger partial charge in [0.2, 0.25) is 0 Å². The summed E-state index contributed by atoms with van der Waals surface area (Å²) in [5, 5.41) is 0.585. The smallest absolute Gasteiger partial charge is 0.344 e. The van der Waals surface area contributed by atoms with Crippen molar-refractivity contribution in [2.75, 3.05) is 13.2 Å². The summed E-state index contributed by atoms with van der Waals surface area (Å²) in [5.74, 6) is -0.268. The van der Waals surface area contributed by atoms with Crippen molar-refractivity contribution < 1.29 is 19.1 Å². The number of hydrogen-bond acceptors (Lipinski definition) is 4. The van der Waals surface area contributed by atoms with E-state index in [1.807, 2.05) is 18.2 Å².